The van der Waals surface area contributed by atoms with E-state index in [0.717, 1.165) is 45.2 Å². The van der Waals surface area contributed by atoms with Crippen LogP contribution in [0.2, 0.25) is 0 Å². The summed E-state index contributed by atoms with van der Waals surface area (Å²) >= 11 is 6.55. The van der Waals surface area contributed by atoms with Crippen molar-refractivity contribution in [2.75, 3.05) is 13.1 Å². The molecule has 3 atom stereocenters. The van der Waals surface area contributed by atoms with Crippen molar-refractivity contribution in [2.24, 2.45) is 5.41 Å². The van der Waals surface area contributed by atoms with Gasteiger partial charge in [0.2, 0.25) is 0 Å². The summed E-state index contributed by atoms with van der Waals surface area (Å²) in [5.74, 6) is -0.725. The highest BCUT2D eigenvalue weighted by Gasteiger charge is 2.42. The molecule has 1 saturated heterocycles. The van der Waals surface area contributed by atoms with Crippen molar-refractivity contribution >= 4 is 17.6 Å². The number of carboxylic acid groups (broad SMARTS) is 1. The lowest BCUT2D eigenvalue weighted by Crippen LogP contribution is -2.42. The minimum absolute atomic E-state index is 0.144. The van der Waals surface area contributed by atoms with Crippen LogP contribution in [-0.2, 0) is 4.79 Å². The van der Waals surface area contributed by atoms with Crippen LogP contribution in [0.4, 0.5) is 0 Å². The number of rotatable bonds is 14. The third-order valence-corrected chi connectivity index (χ3v) is 7.40. The molecule has 0 spiro atoms. The quantitative estimate of drug-likeness (QED) is 0.228. The van der Waals surface area contributed by atoms with E-state index in [1.807, 2.05) is 0 Å². The molecular formula is C23H40ClNO3. The Kier molecular flexibility index (Phi) is 10.3. The van der Waals surface area contributed by atoms with Crippen molar-refractivity contribution < 1.29 is 15.0 Å². The summed E-state index contributed by atoms with van der Waals surface area (Å²) in [6.07, 6.45) is 17.1. The van der Waals surface area contributed by atoms with Crippen molar-refractivity contribution in [3.63, 3.8) is 0 Å². The van der Waals surface area contributed by atoms with Crippen LogP contribution < -0.4 is 0 Å². The first kappa shape index (κ1) is 23.7. The fraction of sp³-hybridized carbons (Fsp3) is 0.870. The largest absolute Gasteiger partial charge is 0.481 e. The lowest BCUT2D eigenvalue weighted by molar-refractivity contribution is -0.137. The van der Waals surface area contributed by atoms with E-state index in [4.69, 9.17) is 16.7 Å². The lowest BCUT2D eigenvalue weighted by Gasteiger charge is -2.46. The van der Waals surface area contributed by atoms with E-state index in [2.05, 4.69) is 24.0 Å². The number of aliphatic hydroxyl groups is 1. The Morgan fingerprint density at radius 1 is 1.29 bits per heavy atom. The zero-order valence-electron chi connectivity index (χ0n) is 17.6. The van der Waals surface area contributed by atoms with Gasteiger partial charge >= 0.3 is 5.97 Å². The summed E-state index contributed by atoms with van der Waals surface area (Å²) in [7, 11) is 0. The third-order valence-electron chi connectivity index (χ3n) is 6.89. The number of allylic oxidation sites excluding steroid dienone is 1. The Morgan fingerprint density at radius 2 is 2.07 bits per heavy atom. The number of carbonyl (C=O) groups is 1. The second-order valence-electron chi connectivity index (χ2n) is 8.88. The van der Waals surface area contributed by atoms with Crippen LogP contribution in [0.3, 0.4) is 0 Å². The Bertz CT molecular complexity index is 492. The topological polar surface area (TPSA) is 60.8 Å². The van der Waals surface area contributed by atoms with Crippen LogP contribution in [0.5, 0.6) is 0 Å². The summed E-state index contributed by atoms with van der Waals surface area (Å²) in [6.45, 7) is 4.29. The molecule has 0 aromatic heterocycles. The number of likely N-dealkylation sites (tertiary alicyclic amines) is 1. The van der Waals surface area contributed by atoms with Gasteiger partial charge in [0.25, 0.3) is 0 Å². The van der Waals surface area contributed by atoms with Crippen LogP contribution >= 0.6 is 11.6 Å². The zero-order chi connectivity index (χ0) is 20.4. The van der Waals surface area contributed by atoms with E-state index in [-0.39, 0.29) is 23.3 Å². The number of aliphatic carboxylic acids is 1. The van der Waals surface area contributed by atoms with Gasteiger partial charge in [0, 0.05) is 12.5 Å². The standard InChI is InChI=1S/C23H40ClNO3/c1-2-3-14-23(15-9-16-23)21(26)11-8-17-25-18-13-19(24)20(25)10-6-4-5-7-12-22(27)28/h4,6,19-21,26H,2-3,5,7-18H2,1H3,(H,27,28)/b6-4-/t19-,20+,21?/m1/s1. The molecule has 4 nitrogen and oxygen atoms in total. The van der Waals surface area contributed by atoms with Gasteiger partial charge < -0.3 is 10.2 Å². The minimum Gasteiger partial charge on any atom is -0.481 e. The molecule has 2 aliphatic rings. The summed E-state index contributed by atoms with van der Waals surface area (Å²) in [5.41, 5.74) is 0.216. The van der Waals surface area contributed by atoms with Gasteiger partial charge in [0.05, 0.1) is 11.5 Å². The number of carboxylic acids is 1. The van der Waals surface area contributed by atoms with Gasteiger partial charge in [-0.15, -0.1) is 11.6 Å². The monoisotopic (exact) mass is 413 g/mol. The summed E-state index contributed by atoms with van der Waals surface area (Å²) in [4.78, 5) is 13.0. The minimum atomic E-state index is -0.725. The van der Waals surface area contributed by atoms with Crippen LogP contribution in [-0.4, -0.2) is 51.7 Å². The van der Waals surface area contributed by atoms with Gasteiger partial charge in [-0.1, -0.05) is 38.3 Å². The first-order valence-electron chi connectivity index (χ1n) is 11.4. The van der Waals surface area contributed by atoms with Gasteiger partial charge in [-0.3, -0.25) is 9.69 Å². The number of nitrogens with zero attached hydrogens (tertiary/aromatic N) is 1. The van der Waals surface area contributed by atoms with E-state index < -0.39 is 5.97 Å². The molecular weight excluding hydrogens is 374 g/mol. The summed E-state index contributed by atoms with van der Waals surface area (Å²) < 4.78 is 0. The molecule has 1 aliphatic carbocycles. The number of alkyl halides is 1. The second-order valence-corrected chi connectivity index (χ2v) is 9.44. The molecule has 1 aliphatic heterocycles. The van der Waals surface area contributed by atoms with Gasteiger partial charge in [0.1, 0.15) is 0 Å². The average molecular weight is 414 g/mol. The Balaban J connectivity index is 1.70. The molecule has 0 amide bonds. The molecule has 0 radical (unpaired) electrons. The highest BCUT2D eigenvalue weighted by Crippen LogP contribution is 2.49. The van der Waals surface area contributed by atoms with Gasteiger partial charge in [-0.2, -0.15) is 0 Å². The van der Waals surface area contributed by atoms with Crippen LogP contribution in [0.25, 0.3) is 0 Å². The van der Waals surface area contributed by atoms with Crippen molar-refractivity contribution in [1.82, 2.24) is 4.90 Å². The number of unbranched alkanes of at least 4 members (excludes halogenated alkanes) is 2. The van der Waals surface area contributed by atoms with Gasteiger partial charge in [-0.25, -0.2) is 0 Å². The van der Waals surface area contributed by atoms with Gasteiger partial charge in [-0.05, 0) is 76.3 Å². The van der Waals surface area contributed by atoms with Crippen LogP contribution in [0, 0.1) is 5.41 Å². The number of hydrogen-bond acceptors (Lipinski definition) is 3. The first-order chi connectivity index (χ1) is 13.5. The Hall–Kier alpha value is -0.580. The molecule has 2 N–H and O–H groups in total. The summed E-state index contributed by atoms with van der Waals surface area (Å²) in [6, 6.07) is 0.368. The van der Waals surface area contributed by atoms with E-state index in [9.17, 15) is 9.90 Å². The maximum Gasteiger partial charge on any atom is 0.303 e. The molecule has 0 aromatic carbocycles. The summed E-state index contributed by atoms with van der Waals surface area (Å²) in [5, 5.41) is 19.7. The zero-order valence-corrected chi connectivity index (χ0v) is 18.4. The second kappa shape index (κ2) is 12.2. The normalized spacial score (nSPS) is 25.8. The maximum absolute atomic E-state index is 10.8. The van der Waals surface area contributed by atoms with E-state index in [1.165, 1.54) is 38.5 Å². The Labute approximate surface area is 176 Å². The lowest BCUT2D eigenvalue weighted by atomic mass is 9.61. The predicted octanol–water partition coefficient (Wildman–Crippen LogP) is 5.37. The molecule has 2 rings (SSSR count). The molecule has 1 heterocycles. The molecule has 0 bridgehead atoms. The van der Waals surface area contributed by atoms with Gasteiger partial charge in [0.15, 0.2) is 0 Å². The Morgan fingerprint density at radius 3 is 2.71 bits per heavy atom. The fourth-order valence-electron chi connectivity index (χ4n) is 4.88. The van der Waals surface area contributed by atoms with E-state index in [1.54, 1.807) is 0 Å². The van der Waals surface area contributed by atoms with E-state index in [0.29, 0.717) is 12.5 Å². The maximum atomic E-state index is 10.8. The third kappa shape index (κ3) is 7.03. The van der Waals surface area contributed by atoms with Crippen LogP contribution in [0.15, 0.2) is 12.2 Å². The highest BCUT2D eigenvalue weighted by molar-refractivity contribution is 6.21. The average Bonchev–Trinajstić information content (AvgIpc) is 2.97. The molecule has 0 aromatic rings. The molecule has 1 saturated carbocycles. The fourth-order valence-corrected chi connectivity index (χ4v) is 5.24. The number of aliphatic hydroxyl groups excluding tert-OH is 1. The SMILES string of the molecule is CCCCC1(C(O)CCCN2CC[C@@H](Cl)[C@@H]2C/C=C\CCCC(=O)O)CCC1. The van der Waals surface area contributed by atoms with Crippen molar-refractivity contribution in [3.05, 3.63) is 12.2 Å². The van der Waals surface area contributed by atoms with Crippen molar-refractivity contribution in [3.8, 4) is 0 Å². The smallest absolute Gasteiger partial charge is 0.303 e. The predicted molar refractivity (Wildman–Crippen MR) is 116 cm³/mol. The molecule has 2 fully saturated rings. The molecule has 5 heteroatoms. The number of halogens is 1. The van der Waals surface area contributed by atoms with Crippen LogP contribution in [0.1, 0.15) is 90.4 Å². The highest BCUT2D eigenvalue weighted by atomic mass is 35.5. The molecule has 28 heavy (non-hydrogen) atoms. The van der Waals surface area contributed by atoms with E-state index >= 15 is 0 Å². The molecule has 1 unspecified atom stereocenters. The number of hydrogen-bond donors (Lipinski definition) is 2. The molecule has 162 valence electrons. The van der Waals surface area contributed by atoms with Crippen molar-refractivity contribution in [2.45, 2.75) is 108 Å². The van der Waals surface area contributed by atoms with Crippen molar-refractivity contribution in [1.29, 1.82) is 0 Å². The first-order valence-corrected chi connectivity index (χ1v) is 11.8.